The van der Waals surface area contributed by atoms with Crippen molar-refractivity contribution in [3.63, 3.8) is 0 Å². The third-order valence-electron chi connectivity index (χ3n) is 5.64. The zero-order chi connectivity index (χ0) is 24.1. The number of carbonyl (C=O) groups is 3. The Morgan fingerprint density at radius 1 is 0.971 bits per heavy atom. The molecule has 7 nitrogen and oxygen atoms in total. The smallest absolute Gasteiger partial charge is 0.411 e. The summed E-state index contributed by atoms with van der Waals surface area (Å²) in [5.41, 5.74) is 5.80. The van der Waals surface area contributed by atoms with E-state index in [-0.39, 0.29) is 19.1 Å². The molecule has 0 radical (unpaired) electrons. The van der Waals surface area contributed by atoms with Crippen molar-refractivity contribution in [2.75, 3.05) is 25.5 Å². The van der Waals surface area contributed by atoms with E-state index >= 15 is 0 Å². The Morgan fingerprint density at radius 3 is 2.26 bits per heavy atom. The number of hydrogen-bond acceptors (Lipinski definition) is 4. The van der Waals surface area contributed by atoms with Gasteiger partial charge in [0, 0.05) is 24.7 Å². The molecule has 0 spiro atoms. The number of anilines is 1. The molecule has 3 aromatic carbocycles. The highest BCUT2D eigenvalue weighted by Crippen LogP contribution is 2.44. The number of rotatable bonds is 7. The SMILES string of the molecule is CN(CC(=O)O)C(=O)/C=C/c1cccc(NC(=O)OCC2c3ccccc3-c3ccccc32)c1. The summed E-state index contributed by atoms with van der Waals surface area (Å²) < 4.78 is 5.57. The number of benzene rings is 3. The number of carboxylic acid groups (broad SMARTS) is 1. The van der Waals surface area contributed by atoms with Gasteiger partial charge in [0.05, 0.1) is 0 Å². The number of nitrogens with one attached hydrogen (secondary N) is 1. The van der Waals surface area contributed by atoms with Crippen LogP contribution in [-0.4, -0.2) is 48.2 Å². The molecule has 0 heterocycles. The van der Waals surface area contributed by atoms with Crippen LogP contribution in [0.5, 0.6) is 0 Å². The van der Waals surface area contributed by atoms with Gasteiger partial charge >= 0.3 is 12.1 Å². The highest BCUT2D eigenvalue weighted by molar-refractivity contribution is 5.93. The molecule has 172 valence electrons. The van der Waals surface area contributed by atoms with E-state index in [9.17, 15) is 14.4 Å². The molecular weight excluding hydrogens is 432 g/mol. The first kappa shape index (κ1) is 22.8. The topological polar surface area (TPSA) is 95.9 Å². The molecule has 0 aromatic heterocycles. The van der Waals surface area contributed by atoms with Crippen LogP contribution in [-0.2, 0) is 14.3 Å². The van der Waals surface area contributed by atoms with Crippen molar-refractivity contribution < 1.29 is 24.2 Å². The van der Waals surface area contributed by atoms with Crippen molar-refractivity contribution in [2.45, 2.75) is 5.92 Å². The summed E-state index contributed by atoms with van der Waals surface area (Å²) in [6.07, 6.45) is 2.28. The molecule has 34 heavy (non-hydrogen) atoms. The molecule has 0 fully saturated rings. The lowest BCUT2D eigenvalue weighted by Crippen LogP contribution is -2.30. The Kier molecular flexibility index (Phi) is 6.73. The second-order valence-corrected chi connectivity index (χ2v) is 8.00. The minimum absolute atomic E-state index is 0.0266. The van der Waals surface area contributed by atoms with Crippen LogP contribution in [0.1, 0.15) is 22.6 Å². The van der Waals surface area contributed by atoms with Gasteiger partial charge in [-0.1, -0.05) is 60.7 Å². The molecule has 7 heteroatoms. The number of likely N-dealkylation sites (N-methyl/N-ethyl adjacent to an activating group) is 1. The summed E-state index contributed by atoms with van der Waals surface area (Å²) >= 11 is 0. The molecule has 2 amide bonds. The zero-order valence-corrected chi connectivity index (χ0v) is 18.6. The number of carboxylic acids is 1. The number of hydrogen-bond donors (Lipinski definition) is 2. The van der Waals surface area contributed by atoms with Gasteiger partial charge in [-0.3, -0.25) is 14.9 Å². The zero-order valence-electron chi connectivity index (χ0n) is 18.6. The number of ether oxygens (including phenoxy) is 1. The van der Waals surface area contributed by atoms with Crippen molar-refractivity contribution in [1.29, 1.82) is 0 Å². The van der Waals surface area contributed by atoms with Gasteiger partial charge in [0.25, 0.3) is 0 Å². The van der Waals surface area contributed by atoms with Crippen molar-refractivity contribution in [3.8, 4) is 11.1 Å². The van der Waals surface area contributed by atoms with Gasteiger partial charge in [0.15, 0.2) is 0 Å². The summed E-state index contributed by atoms with van der Waals surface area (Å²) in [5.74, 6) is -1.54. The third kappa shape index (κ3) is 5.15. The van der Waals surface area contributed by atoms with E-state index in [0.29, 0.717) is 11.3 Å². The normalized spacial score (nSPS) is 12.1. The predicted octanol–water partition coefficient (Wildman–Crippen LogP) is 4.60. The molecule has 0 saturated carbocycles. The van der Waals surface area contributed by atoms with E-state index in [4.69, 9.17) is 9.84 Å². The second kappa shape index (κ2) is 10.0. The molecule has 0 saturated heterocycles. The summed E-state index contributed by atoms with van der Waals surface area (Å²) in [5, 5.41) is 11.5. The maximum Gasteiger partial charge on any atom is 0.411 e. The Labute approximate surface area is 197 Å². The van der Waals surface area contributed by atoms with E-state index < -0.39 is 18.0 Å². The summed E-state index contributed by atoms with van der Waals surface area (Å²) in [7, 11) is 1.41. The van der Waals surface area contributed by atoms with Gasteiger partial charge < -0.3 is 14.7 Å². The average molecular weight is 456 g/mol. The maximum atomic E-state index is 12.5. The first-order valence-electron chi connectivity index (χ1n) is 10.8. The van der Waals surface area contributed by atoms with Gasteiger partial charge in [0.1, 0.15) is 13.2 Å². The second-order valence-electron chi connectivity index (χ2n) is 8.00. The van der Waals surface area contributed by atoms with E-state index in [0.717, 1.165) is 27.2 Å². The molecule has 0 aliphatic heterocycles. The molecule has 0 atom stereocenters. The van der Waals surface area contributed by atoms with Crippen molar-refractivity contribution in [1.82, 2.24) is 4.90 Å². The fourth-order valence-electron chi connectivity index (χ4n) is 4.05. The average Bonchev–Trinajstić information content (AvgIpc) is 3.15. The van der Waals surface area contributed by atoms with Crippen molar-refractivity contribution in [2.24, 2.45) is 0 Å². The van der Waals surface area contributed by atoms with Gasteiger partial charge in [-0.05, 0) is 46.0 Å². The largest absolute Gasteiger partial charge is 0.480 e. The van der Waals surface area contributed by atoms with Crippen LogP contribution >= 0.6 is 0 Å². The van der Waals surface area contributed by atoms with Crippen LogP contribution in [0.2, 0.25) is 0 Å². The number of amides is 2. The van der Waals surface area contributed by atoms with Crippen molar-refractivity contribution in [3.05, 3.63) is 95.6 Å². The van der Waals surface area contributed by atoms with Crippen LogP contribution in [0.25, 0.3) is 17.2 Å². The fourth-order valence-corrected chi connectivity index (χ4v) is 4.05. The lowest BCUT2D eigenvalue weighted by Gasteiger charge is -2.14. The Bertz CT molecular complexity index is 1220. The highest BCUT2D eigenvalue weighted by atomic mass is 16.5. The van der Waals surface area contributed by atoms with Gasteiger partial charge in [-0.25, -0.2) is 4.79 Å². The third-order valence-corrected chi connectivity index (χ3v) is 5.64. The quantitative estimate of drug-likeness (QED) is 0.507. The summed E-state index contributed by atoms with van der Waals surface area (Å²) in [4.78, 5) is 36.3. The minimum atomic E-state index is -1.08. The minimum Gasteiger partial charge on any atom is -0.480 e. The first-order valence-corrected chi connectivity index (χ1v) is 10.8. The standard InChI is InChI=1S/C27H24N2O5/c1-29(16-26(31)32)25(30)14-13-18-7-6-8-19(15-18)28-27(33)34-17-24-22-11-4-2-9-20(22)21-10-3-5-12-23(21)24/h2-15,24H,16-17H2,1H3,(H,28,33)(H,31,32)/b14-13+. The van der Waals surface area contributed by atoms with Crippen molar-refractivity contribution >= 4 is 29.7 Å². The van der Waals surface area contributed by atoms with Gasteiger partial charge in [-0.2, -0.15) is 0 Å². The molecule has 2 N–H and O–H groups in total. The van der Waals surface area contributed by atoms with Crippen LogP contribution in [0.15, 0.2) is 78.9 Å². The number of fused-ring (bicyclic) bond motifs is 3. The molecule has 4 rings (SSSR count). The van der Waals surface area contributed by atoms with Gasteiger partial charge in [0.2, 0.25) is 5.91 Å². The van der Waals surface area contributed by atoms with Crippen LogP contribution < -0.4 is 5.32 Å². The summed E-state index contributed by atoms with van der Waals surface area (Å²) in [6.45, 7) is -0.170. The highest BCUT2D eigenvalue weighted by Gasteiger charge is 2.29. The fraction of sp³-hybridized carbons (Fsp3) is 0.148. The lowest BCUT2D eigenvalue weighted by molar-refractivity contribution is -0.141. The van der Waals surface area contributed by atoms with E-state index in [2.05, 4.69) is 29.6 Å². The molecule has 3 aromatic rings. The van der Waals surface area contributed by atoms with Gasteiger partial charge in [-0.15, -0.1) is 0 Å². The Hall–Kier alpha value is -4.39. The number of nitrogens with zero attached hydrogens (tertiary/aromatic N) is 1. The Balaban J connectivity index is 1.38. The molecule has 1 aliphatic carbocycles. The number of carbonyl (C=O) groups excluding carboxylic acids is 2. The lowest BCUT2D eigenvalue weighted by atomic mass is 9.98. The Morgan fingerprint density at radius 2 is 1.62 bits per heavy atom. The monoisotopic (exact) mass is 456 g/mol. The summed E-state index contributed by atoms with van der Waals surface area (Å²) in [6, 6.07) is 23.2. The van der Waals surface area contributed by atoms with Crippen LogP contribution in [0, 0.1) is 0 Å². The molecule has 1 aliphatic rings. The predicted molar refractivity (Wildman–Crippen MR) is 129 cm³/mol. The van der Waals surface area contributed by atoms with E-state index in [1.54, 1.807) is 30.3 Å². The molecule has 0 unspecified atom stereocenters. The van der Waals surface area contributed by atoms with E-state index in [1.165, 1.54) is 13.1 Å². The van der Waals surface area contributed by atoms with Crippen LogP contribution in [0.3, 0.4) is 0 Å². The van der Waals surface area contributed by atoms with E-state index in [1.807, 2.05) is 24.3 Å². The molecule has 0 bridgehead atoms. The molecular formula is C27H24N2O5. The first-order chi connectivity index (χ1) is 16.4. The maximum absolute atomic E-state index is 12.5. The van der Waals surface area contributed by atoms with Crippen LogP contribution in [0.4, 0.5) is 10.5 Å². The number of aliphatic carboxylic acids is 1.